The zero-order valence-electron chi connectivity index (χ0n) is 10.6. The minimum atomic E-state index is -0.411. The van der Waals surface area contributed by atoms with E-state index in [2.05, 4.69) is 15.8 Å². The van der Waals surface area contributed by atoms with Crippen molar-refractivity contribution in [1.29, 1.82) is 10.7 Å². The van der Waals surface area contributed by atoms with Gasteiger partial charge in [0, 0.05) is 12.6 Å². The topological polar surface area (TPSA) is 127 Å². The molecule has 0 heterocycles. The van der Waals surface area contributed by atoms with Crippen molar-refractivity contribution in [2.75, 3.05) is 10.7 Å². The van der Waals surface area contributed by atoms with E-state index in [4.69, 9.17) is 16.4 Å². The Kier molecular flexibility index (Phi) is 4.60. The van der Waals surface area contributed by atoms with Gasteiger partial charge in [0.25, 0.3) is 0 Å². The highest BCUT2D eigenvalue weighted by molar-refractivity contribution is 6.45. The number of carbonyl (C=O) groups is 1. The predicted octanol–water partition coefficient (Wildman–Crippen LogP) is 1.18. The fourth-order valence-corrected chi connectivity index (χ4v) is 1.34. The van der Waals surface area contributed by atoms with Crippen molar-refractivity contribution in [2.24, 2.45) is 10.8 Å². The number of nitrogens with one attached hydrogen (secondary N) is 3. The molecule has 1 aromatic rings. The molecule has 1 amide bonds. The summed E-state index contributed by atoms with van der Waals surface area (Å²) < 4.78 is 0. The molecule has 0 aromatic heterocycles. The van der Waals surface area contributed by atoms with Crippen LogP contribution in [0.25, 0.3) is 0 Å². The summed E-state index contributed by atoms with van der Waals surface area (Å²) in [5.41, 5.74) is 9.65. The van der Waals surface area contributed by atoms with Gasteiger partial charge in [0.15, 0.2) is 5.84 Å². The highest BCUT2D eigenvalue weighted by Crippen LogP contribution is 2.23. The molecule has 0 spiro atoms. The quantitative estimate of drug-likeness (QED) is 0.367. The van der Waals surface area contributed by atoms with Gasteiger partial charge in [0.2, 0.25) is 11.6 Å². The molecule has 0 aliphatic rings. The Balaban J connectivity index is 3.00. The van der Waals surface area contributed by atoms with E-state index in [9.17, 15) is 4.79 Å². The van der Waals surface area contributed by atoms with Gasteiger partial charge in [0.05, 0.1) is 5.69 Å². The van der Waals surface area contributed by atoms with Gasteiger partial charge in [-0.15, -0.1) is 0 Å². The van der Waals surface area contributed by atoms with Crippen LogP contribution in [-0.4, -0.2) is 17.5 Å². The number of hydrogen-bond donors (Lipinski definition) is 4. The van der Waals surface area contributed by atoms with Crippen LogP contribution in [0.1, 0.15) is 12.5 Å². The number of nitrogens with two attached hydrogens (primary N) is 1. The maximum Gasteiger partial charge on any atom is 0.221 e. The van der Waals surface area contributed by atoms with E-state index in [0.717, 1.165) is 5.56 Å². The van der Waals surface area contributed by atoms with E-state index in [0.29, 0.717) is 11.4 Å². The smallest absolute Gasteiger partial charge is 0.221 e. The van der Waals surface area contributed by atoms with Crippen LogP contribution in [-0.2, 0) is 4.79 Å². The minimum absolute atomic E-state index is 0.176. The first kappa shape index (κ1) is 14.2. The number of nitrogens with zero attached hydrogens (tertiary/aromatic N) is 2. The van der Waals surface area contributed by atoms with Crippen molar-refractivity contribution in [3.8, 4) is 6.07 Å². The summed E-state index contributed by atoms with van der Waals surface area (Å²) >= 11 is 0. The Morgan fingerprint density at radius 3 is 2.63 bits per heavy atom. The van der Waals surface area contributed by atoms with E-state index in [-0.39, 0.29) is 11.6 Å². The molecule has 0 bridgehead atoms. The molecule has 0 saturated heterocycles. The number of nitriles is 1. The average molecular weight is 258 g/mol. The van der Waals surface area contributed by atoms with E-state index in [1.807, 2.05) is 0 Å². The van der Waals surface area contributed by atoms with Gasteiger partial charge < -0.3 is 11.1 Å². The van der Waals surface area contributed by atoms with Crippen LogP contribution in [0.3, 0.4) is 0 Å². The molecular formula is C12H14N6O. The normalized spacial score (nSPS) is 10.5. The second-order valence-electron chi connectivity index (χ2n) is 3.76. The largest absolute Gasteiger partial charge is 0.382 e. The molecule has 7 heteroatoms. The lowest BCUT2D eigenvalue weighted by molar-refractivity contribution is -0.114. The summed E-state index contributed by atoms with van der Waals surface area (Å²) in [6.45, 7) is 3.21. The van der Waals surface area contributed by atoms with Crippen LogP contribution in [0.4, 0.5) is 11.4 Å². The number of benzene rings is 1. The van der Waals surface area contributed by atoms with Gasteiger partial charge in [-0.3, -0.25) is 15.6 Å². The molecule has 0 atom stereocenters. The number of carbonyl (C=O) groups excluding carboxylic acids is 1. The minimum Gasteiger partial charge on any atom is -0.382 e. The van der Waals surface area contributed by atoms with Crippen molar-refractivity contribution >= 4 is 28.8 Å². The Hall–Kier alpha value is -2.88. The SMILES string of the molecule is CC(=O)Nc1cccc(N/N=C(\C#N)C(=N)N)c1C. The van der Waals surface area contributed by atoms with Crippen LogP contribution in [0.15, 0.2) is 23.3 Å². The van der Waals surface area contributed by atoms with Gasteiger partial charge >= 0.3 is 0 Å². The van der Waals surface area contributed by atoms with Crippen molar-refractivity contribution in [3.63, 3.8) is 0 Å². The number of amides is 1. The van der Waals surface area contributed by atoms with Gasteiger partial charge in [-0.1, -0.05) is 6.07 Å². The van der Waals surface area contributed by atoms with Crippen LogP contribution < -0.4 is 16.5 Å². The molecular weight excluding hydrogens is 244 g/mol. The highest BCUT2D eigenvalue weighted by Gasteiger charge is 2.06. The second kappa shape index (κ2) is 6.16. The molecule has 0 aliphatic heterocycles. The lowest BCUT2D eigenvalue weighted by Gasteiger charge is -2.10. The third-order valence-corrected chi connectivity index (χ3v) is 2.29. The first-order valence-electron chi connectivity index (χ1n) is 5.41. The molecule has 0 saturated carbocycles. The maximum absolute atomic E-state index is 11.0. The number of hydrogen-bond acceptors (Lipinski definition) is 5. The predicted molar refractivity (Wildman–Crippen MR) is 74.1 cm³/mol. The first-order valence-corrected chi connectivity index (χ1v) is 5.41. The lowest BCUT2D eigenvalue weighted by atomic mass is 10.1. The fraction of sp³-hybridized carbons (Fsp3) is 0.167. The van der Waals surface area contributed by atoms with Crippen molar-refractivity contribution in [3.05, 3.63) is 23.8 Å². The average Bonchev–Trinajstić information content (AvgIpc) is 2.33. The monoisotopic (exact) mass is 258 g/mol. The van der Waals surface area contributed by atoms with Crippen molar-refractivity contribution < 1.29 is 4.79 Å². The summed E-state index contributed by atoms with van der Waals surface area (Å²) in [7, 11) is 0. The zero-order chi connectivity index (χ0) is 14.4. The van der Waals surface area contributed by atoms with Gasteiger partial charge in [-0.05, 0) is 24.6 Å². The Labute approximate surface area is 110 Å². The Bertz CT molecular complexity index is 584. The number of anilines is 2. The van der Waals surface area contributed by atoms with Crippen LogP contribution in [0.2, 0.25) is 0 Å². The van der Waals surface area contributed by atoms with Gasteiger partial charge in [0.1, 0.15) is 6.07 Å². The van der Waals surface area contributed by atoms with E-state index in [1.165, 1.54) is 6.92 Å². The molecule has 19 heavy (non-hydrogen) atoms. The van der Waals surface area contributed by atoms with E-state index in [1.54, 1.807) is 31.2 Å². The number of rotatable bonds is 4. The van der Waals surface area contributed by atoms with Crippen molar-refractivity contribution in [1.82, 2.24) is 0 Å². The third-order valence-electron chi connectivity index (χ3n) is 2.29. The fourth-order valence-electron chi connectivity index (χ4n) is 1.34. The molecule has 0 unspecified atom stereocenters. The summed E-state index contributed by atoms with van der Waals surface area (Å²) in [6, 6.07) is 6.93. The summed E-state index contributed by atoms with van der Waals surface area (Å²) in [5.74, 6) is -0.587. The molecule has 5 N–H and O–H groups in total. The van der Waals surface area contributed by atoms with E-state index < -0.39 is 5.84 Å². The summed E-state index contributed by atoms with van der Waals surface area (Å²) in [5, 5.41) is 22.3. The van der Waals surface area contributed by atoms with Crippen LogP contribution in [0.5, 0.6) is 0 Å². The molecule has 0 aliphatic carbocycles. The lowest BCUT2D eigenvalue weighted by Crippen LogP contribution is -2.22. The number of hydrazone groups is 1. The highest BCUT2D eigenvalue weighted by atomic mass is 16.1. The number of amidine groups is 1. The standard InChI is InChI=1S/C12H14N6O/c1-7-9(16-8(2)19)4-3-5-10(7)17-18-11(6-13)12(14)15/h3-5,17H,1-2H3,(H3,14,15)(H,16,19)/b18-11+. The van der Waals surface area contributed by atoms with E-state index >= 15 is 0 Å². The van der Waals surface area contributed by atoms with Gasteiger partial charge in [-0.2, -0.15) is 10.4 Å². The Morgan fingerprint density at radius 2 is 2.11 bits per heavy atom. The van der Waals surface area contributed by atoms with Crippen LogP contribution in [0, 0.1) is 23.7 Å². The van der Waals surface area contributed by atoms with Crippen LogP contribution >= 0.6 is 0 Å². The molecule has 7 nitrogen and oxygen atoms in total. The molecule has 98 valence electrons. The second-order valence-corrected chi connectivity index (χ2v) is 3.76. The van der Waals surface area contributed by atoms with Gasteiger partial charge in [-0.25, -0.2) is 0 Å². The summed E-state index contributed by atoms with van der Waals surface area (Å²) in [6.07, 6.45) is 0. The molecule has 1 aromatic carbocycles. The first-order chi connectivity index (χ1) is 8.95. The maximum atomic E-state index is 11.0. The van der Waals surface area contributed by atoms with Crippen molar-refractivity contribution in [2.45, 2.75) is 13.8 Å². The summed E-state index contributed by atoms with van der Waals surface area (Å²) in [4.78, 5) is 11.0. The zero-order valence-corrected chi connectivity index (χ0v) is 10.6. The molecule has 0 fully saturated rings. The molecule has 0 radical (unpaired) electrons. The Morgan fingerprint density at radius 1 is 1.47 bits per heavy atom. The third kappa shape index (κ3) is 3.81. The molecule has 1 rings (SSSR count).